The zero-order valence-corrected chi connectivity index (χ0v) is 16.9. The molecule has 7 nitrogen and oxygen atoms in total. The number of ether oxygens (including phenoxy) is 1. The molecule has 1 aliphatic rings. The number of amides is 1. The summed E-state index contributed by atoms with van der Waals surface area (Å²) in [5.74, 6) is 1.99. The van der Waals surface area contributed by atoms with E-state index in [-0.39, 0.29) is 11.9 Å². The number of para-hydroxylation sites is 1. The Labute approximate surface area is 179 Å². The summed E-state index contributed by atoms with van der Waals surface area (Å²) in [7, 11) is 0. The summed E-state index contributed by atoms with van der Waals surface area (Å²) in [6, 6.07) is 13.2. The number of imidazole rings is 1. The molecule has 5 rings (SSSR count). The molecule has 7 heteroatoms. The van der Waals surface area contributed by atoms with E-state index in [1.54, 1.807) is 18.6 Å². The van der Waals surface area contributed by atoms with Crippen molar-refractivity contribution in [2.75, 3.05) is 6.54 Å². The fourth-order valence-corrected chi connectivity index (χ4v) is 4.02. The third kappa shape index (κ3) is 3.54. The van der Waals surface area contributed by atoms with E-state index < -0.39 is 0 Å². The molecule has 4 aromatic rings. The number of fused-ring (bicyclic) bond motifs is 1. The van der Waals surface area contributed by atoms with Crippen molar-refractivity contribution in [3.63, 3.8) is 0 Å². The van der Waals surface area contributed by atoms with Crippen LogP contribution in [0.15, 0.2) is 79.9 Å². The Morgan fingerprint density at radius 2 is 2.03 bits per heavy atom. The highest BCUT2D eigenvalue weighted by atomic mass is 16.5. The normalized spacial score (nSPS) is 15.9. The average molecular weight is 411 g/mol. The predicted octanol–water partition coefficient (Wildman–Crippen LogP) is 4.43. The number of likely N-dealkylation sites (tertiary alicyclic amines) is 1. The monoisotopic (exact) mass is 411 g/mol. The van der Waals surface area contributed by atoms with Gasteiger partial charge in [-0.25, -0.2) is 9.97 Å². The Balaban J connectivity index is 1.51. The van der Waals surface area contributed by atoms with Gasteiger partial charge in [-0.05, 0) is 37.1 Å². The Bertz CT molecular complexity index is 1230. The molecular formula is C24H21N5O2. The molecule has 0 N–H and O–H groups in total. The van der Waals surface area contributed by atoms with Gasteiger partial charge in [-0.15, -0.1) is 0 Å². The molecular weight excluding hydrogens is 390 g/mol. The first-order chi connectivity index (χ1) is 15.2. The van der Waals surface area contributed by atoms with E-state index in [1.807, 2.05) is 58.0 Å². The molecule has 1 amide bonds. The molecule has 3 aromatic heterocycles. The zero-order chi connectivity index (χ0) is 21.2. The van der Waals surface area contributed by atoms with E-state index in [0.717, 1.165) is 41.2 Å². The van der Waals surface area contributed by atoms with Gasteiger partial charge in [0.1, 0.15) is 11.6 Å². The van der Waals surface area contributed by atoms with Gasteiger partial charge in [-0.2, -0.15) is 0 Å². The quantitative estimate of drug-likeness (QED) is 0.454. The van der Waals surface area contributed by atoms with Crippen LogP contribution in [0.25, 0.3) is 16.8 Å². The van der Waals surface area contributed by atoms with Gasteiger partial charge in [0.15, 0.2) is 0 Å². The number of rotatable bonds is 5. The second-order valence-corrected chi connectivity index (χ2v) is 7.34. The summed E-state index contributed by atoms with van der Waals surface area (Å²) >= 11 is 0. The fraction of sp³-hybridized carbons (Fsp3) is 0.167. The lowest BCUT2D eigenvalue weighted by atomic mass is 10.2. The molecule has 1 atom stereocenters. The van der Waals surface area contributed by atoms with E-state index in [1.165, 1.54) is 6.08 Å². The Morgan fingerprint density at radius 1 is 1.16 bits per heavy atom. The topological polar surface area (TPSA) is 72.6 Å². The minimum absolute atomic E-state index is 0.0704. The molecule has 1 aliphatic heterocycles. The first kappa shape index (κ1) is 19.0. The van der Waals surface area contributed by atoms with Crippen LogP contribution in [0.4, 0.5) is 0 Å². The Hall–Kier alpha value is -4.00. The van der Waals surface area contributed by atoms with Crippen molar-refractivity contribution in [1.82, 2.24) is 24.3 Å². The van der Waals surface area contributed by atoms with Gasteiger partial charge in [0.25, 0.3) is 0 Å². The molecule has 0 aliphatic carbocycles. The van der Waals surface area contributed by atoms with Gasteiger partial charge in [0.2, 0.25) is 11.8 Å². The largest absolute Gasteiger partial charge is 0.439 e. The minimum Gasteiger partial charge on any atom is -0.439 e. The zero-order valence-electron chi connectivity index (χ0n) is 16.9. The van der Waals surface area contributed by atoms with Crippen LogP contribution in [0.1, 0.15) is 24.7 Å². The highest BCUT2D eigenvalue weighted by molar-refractivity contribution is 5.87. The molecule has 1 saturated heterocycles. The summed E-state index contributed by atoms with van der Waals surface area (Å²) in [5, 5.41) is 0. The van der Waals surface area contributed by atoms with Crippen LogP contribution in [0.2, 0.25) is 0 Å². The standard InChI is InChI=1S/C24H21N5O2/c1-2-22(30)28-13-6-9-19(28)24-27-23(20-16-25-12-14-29(20)24)17-10-11-21(26-15-17)31-18-7-4-3-5-8-18/h2-5,7-8,10-12,14-16,19H,1,6,9,13H2/t19-/m0/s1. The summed E-state index contributed by atoms with van der Waals surface area (Å²) in [6.07, 6.45) is 10.3. The second kappa shape index (κ2) is 8.02. The predicted molar refractivity (Wildman–Crippen MR) is 117 cm³/mol. The second-order valence-electron chi connectivity index (χ2n) is 7.34. The van der Waals surface area contributed by atoms with Crippen molar-refractivity contribution in [1.29, 1.82) is 0 Å². The molecule has 4 heterocycles. The summed E-state index contributed by atoms with van der Waals surface area (Å²) < 4.78 is 7.80. The number of carbonyl (C=O) groups is 1. The molecule has 0 unspecified atom stereocenters. The van der Waals surface area contributed by atoms with Crippen LogP contribution in [0, 0.1) is 0 Å². The Kier molecular flexibility index (Phi) is 4.92. The number of benzene rings is 1. The van der Waals surface area contributed by atoms with Gasteiger partial charge in [-0.1, -0.05) is 24.8 Å². The van der Waals surface area contributed by atoms with Crippen LogP contribution >= 0.6 is 0 Å². The van der Waals surface area contributed by atoms with E-state index in [9.17, 15) is 4.79 Å². The maximum absolute atomic E-state index is 12.3. The molecule has 0 radical (unpaired) electrons. The van der Waals surface area contributed by atoms with E-state index >= 15 is 0 Å². The van der Waals surface area contributed by atoms with Crippen molar-refractivity contribution in [2.24, 2.45) is 0 Å². The molecule has 0 spiro atoms. The van der Waals surface area contributed by atoms with E-state index in [4.69, 9.17) is 9.72 Å². The summed E-state index contributed by atoms with van der Waals surface area (Å²) in [5.41, 5.74) is 2.51. The van der Waals surface area contributed by atoms with Crippen molar-refractivity contribution < 1.29 is 9.53 Å². The average Bonchev–Trinajstić information content (AvgIpc) is 3.45. The highest BCUT2D eigenvalue weighted by Crippen LogP contribution is 2.35. The Morgan fingerprint density at radius 3 is 2.81 bits per heavy atom. The summed E-state index contributed by atoms with van der Waals surface area (Å²) in [6.45, 7) is 4.34. The van der Waals surface area contributed by atoms with E-state index in [0.29, 0.717) is 12.4 Å². The highest BCUT2D eigenvalue weighted by Gasteiger charge is 2.32. The lowest BCUT2D eigenvalue weighted by Gasteiger charge is -2.22. The van der Waals surface area contributed by atoms with Crippen molar-refractivity contribution in [3.05, 3.63) is 85.7 Å². The van der Waals surface area contributed by atoms with Gasteiger partial charge >= 0.3 is 0 Å². The maximum atomic E-state index is 12.3. The van der Waals surface area contributed by atoms with Gasteiger partial charge in [-0.3, -0.25) is 14.2 Å². The van der Waals surface area contributed by atoms with Gasteiger partial charge in [0, 0.05) is 36.8 Å². The number of nitrogens with zero attached hydrogens (tertiary/aromatic N) is 5. The number of aromatic nitrogens is 4. The number of hydrogen-bond donors (Lipinski definition) is 0. The van der Waals surface area contributed by atoms with E-state index in [2.05, 4.69) is 16.5 Å². The third-order valence-corrected chi connectivity index (χ3v) is 5.46. The maximum Gasteiger partial charge on any atom is 0.246 e. The van der Waals surface area contributed by atoms with Crippen molar-refractivity contribution >= 4 is 11.4 Å². The number of carbonyl (C=O) groups excluding carboxylic acids is 1. The number of hydrogen-bond acceptors (Lipinski definition) is 5. The van der Waals surface area contributed by atoms with Gasteiger partial charge < -0.3 is 9.64 Å². The van der Waals surface area contributed by atoms with Crippen LogP contribution in [-0.2, 0) is 4.79 Å². The lowest BCUT2D eigenvalue weighted by molar-refractivity contribution is -0.127. The number of pyridine rings is 1. The van der Waals surface area contributed by atoms with Crippen molar-refractivity contribution in [3.8, 4) is 22.9 Å². The SMILES string of the molecule is C=CC(=O)N1CCC[C@H]1c1nc(-c2ccc(Oc3ccccc3)nc2)c2cnccn12. The molecule has 31 heavy (non-hydrogen) atoms. The molecule has 1 fully saturated rings. The van der Waals surface area contributed by atoms with Crippen molar-refractivity contribution in [2.45, 2.75) is 18.9 Å². The van der Waals surface area contributed by atoms with Crippen LogP contribution in [0.5, 0.6) is 11.6 Å². The summed E-state index contributed by atoms with van der Waals surface area (Å²) in [4.78, 5) is 27.8. The van der Waals surface area contributed by atoms with Crippen LogP contribution in [0.3, 0.4) is 0 Å². The molecule has 154 valence electrons. The fourth-order valence-electron chi connectivity index (χ4n) is 4.02. The lowest BCUT2D eigenvalue weighted by Crippen LogP contribution is -2.29. The third-order valence-electron chi connectivity index (χ3n) is 5.46. The molecule has 0 bridgehead atoms. The van der Waals surface area contributed by atoms with Crippen LogP contribution in [-0.4, -0.2) is 36.7 Å². The smallest absolute Gasteiger partial charge is 0.246 e. The first-order valence-corrected chi connectivity index (χ1v) is 10.2. The first-order valence-electron chi connectivity index (χ1n) is 10.2. The van der Waals surface area contributed by atoms with Crippen LogP contribution < -0.4 is 4.74 Å². The molecule has 1 aromatic carbocycles. The van der Waals surface area contributed by atoms with Gasteiger partial charge in [0.05, 0.1) is 23.4 Å². The molecule has 0 saturated carbocycles. The minimum atomic E-state index is -0.0946.